The van der Waals surface area contributed by atoms with Crippen molar-refractivity contribution in [2.45, 2.75) is 0 Å². The topological polar surface area (TPSA) is 17.1 Å². The summed E-state index contributed by atoms with van der Waals surface area (Å²) >= 11 is 5.10. The van der Waals surface area contributed by atoms with Crippen molar-refractivity contribution in [1.82, 2.24) is 0 Å². The molecule has 0 saturated carbocycles. The predicted octanol–water partition coefficient (Wildman–Crippen LogP) is 2.74. The lowest BCUT2D eigenvalue weighted by molar-refractivity contribution is -0.106. The summed E-state index contributed by atoms with van der Waals surface area (Å²) in [6.07, 6.45) is 0. The molecule has 0 radical (unpaired) electrons. The summed E-state index contributed by atoms with van der Waals surface area (Å²) in [6.45, 7) is 3.32. The first-order chi connectivity index (χ1) is 6.02. The number of rotatable bonds is 2. The standard InChI is InChI=1S/C9H5ClF2O/c1-5(9(10)13)6-2-3-7(11)8(12)4-6/h2-4H,1H2. The molecule has 0 amide bonds. The third-order valence-electron chi connectivity index (χ3n) is 1.51. The third-order valence-corrected chi connectivity index (χ3v) is 1.73. The Morgan fingerprint density at radius 1 is 1.31 bits per heavy atom. The van der Waals surface area contributed by atoms with Crippen LogP contribution in [0.5, 0.6) is 0 Å². The van der Waals surface area contributed by atoms with E-state index in [1.165, 1.54) is 6.07 Å². The summed E-state index contributed by atoms with van der Waals surface area (Å²) in [5, 5.41) is -0.786. The van der Waals surface area contributed by atoms with E-state index in [4.69, 9.17) is 11.6 Å². The molecule has 0 fully saturated rings. The molecule has 1 rings (SSSR count). The largest absolute Gasteiger partial charge is 0.276 e. The van der Waals surface area contributed by atoms with Crippen LogP contribution < -0.4 is 0 Å². The number of benzene rings is 1. The number of carbonyl (C=O) groups is 1. The lowest BCUT2D eigenvalue weighted by Crippen LogP contribution is -1.93. The van der Waals surface area contributed by atoms with E-state index in [0.29, 0.717) is 0 Å². The van der Waals surface area contributed by atoms with Gasteiger partial charge < -0.3 is 0 Å². The van der Waals surface area contributed by atoms with Gasteiger partial charge in [0.05, 0.1) is 0 Å². The van der Waals surface area contributed by atoms with Gasteiger partial charge in [-0.15, -0.1) is 0 Å². The van der Waals surface area contributed by atoms with Gasteiger partial charge in [0.15, 0.2) is 11.6 Å². The molecule has 0 saturated heterocycles. The highest BCUT2D eigenvalue weighted by Gasteiger charge is 2.09. The molecule has 0 N–H and O–H groups in total. The molecule has 1 nitrogen and oxygen atoms in total. The van der Waals surface area contributed by atoms with Gasteiger partial charge in [0.1, 0.15) is 0 Å². The molecule has 0 heterocycles. The molecule has 0 aliphatic heterocycles. The highest BCUT2D eigenvalue weighted by Crippen LogP contribution is 2.17. The summed E-state index contributed by atoms with van der Waals surface area (Å²) in [6, 6.07) is 3.02. The van der Waals surface area contributed by atoms with Gasteiger partial charge in [0, 0.05) is 5.57 Å². The summed E-state index contributed by atoms with van der Waals surface area (Å²) < 4.78 is 25.1. The molecule has 1 aromatic rings. The second-order valence-corrected chi connectivity index (χ2v) is 2.72. The lowest BCUT2D eigenvalue weighted by Gasteiger charge is -2.00. The molecule has 0 aromatic heterocycles. The Labute approximate surface area is 78.6 Å². The van der Waals surface area contributed by atoms with E-state index in [9.17, 15) is 13.6 Å². The molecule has 4 heteroatoms. The van der Waals surface area contributed by atoms with Crippen molar-refractivity contribution < 1.29 is 13.6 Å². The first kappa shape index (κ1) is 9.86. The van der Waals surface area contributed by atoms with Crippen molar-refractivity contribution in [1.29, 1.82) is 0 Å². The van der Waals surface area contributed by atoms with Gasteiger partial charge in [0.2, 0.25) is 0 Å². The van der Waals surface area contributed by atoms with Gasteiger partial charge in [-0.1, -0.05) is 12.6 Å². The summed E-state index contributed by atoms with van der Waals surface area (Å²) in [7, 11) is 0. The molecule has 0 unspecified atom stereocenters. The van der Waals surface area contributed by atoms with Crippen LogP contribution in [0.2, 0.25) is 0 Å². The molecule has 0 aliphatic rings. The fraction of sp³-hybridized carbons (Fsp3) is 0. The second-order valence-electron chi connectivity index (χ2n) is 2.38. The number of hydrogen-bond acceptors (Lipinski definition) is 1. The van der Waals surface area contributed by atoms with Crippen LogP contribution in [-0.4, -0.2) is 5.24 Å². The van der Waals surface area contributed by atoms with Crippen LogP contribution in [0, 0.1) is 11.6 Å². The van der Waals surface area contributed by atoms with Gasteiger partial charge in [-0.2, -0.15) is 0 Å². The minimum absolute atomic E-state index is 0.0550. The zero-order chi connectivity index (χ0) is 10.0. The number of halogens is 3. The summed E-state index contributed by atoms with van der Waals surface area (Å²) in [5.74, 6) is -2.00. The van der Waals surface area contributed by atoms with Crippen LogP contribution >= 0.6 is 11.6 Å². The molecule has 68 valence electrons. The average Bonchev–Trinajstić information content (AvgIpc) is 2.08. The zero-order valence-electron chi connectivity index (χ0n) is 6.48. The molecular weight excluding hydrogens is 198 g/mol. The van der Waals surface area contributed by atoms with Crippen LogP contribution in [0.1, 0.15) is 5.56 Å². The molecule has 1 aromatic carbocycles. The Balaban J connectivity index is 3.11. The van der Waals surface area contributed by atoms with E-state index in [1.807, 2.05) is 0 Å². The molecule has 0 aliphatic carbocycles. The Kier molecular flexibility index (Phi) is 2.78. The zero-order valence-corrected chi connectivity index (χ0v) is 7.24. The van der Waals surface area contributed by atoms with Crippen LogP contribution in [0.15, 0.2) is 24.8 Å². The third kappa shape index (κ3) is 2.12. The van der Waals surface area contributed by atoms with Crippen LogP contribution in [0.4, 0.5) is 8.78 Å². The fourth-order valence-corrected chi connectivity index (χ4v) is 0.906. The minimum Gasteiger partial charge on any atom is -0.276 e. The highest BCUT2D eigenvalue weighted by atomic mass is 35.5. The van der Waals surface area contributed by atoms with E-state index >= 15 is 0 Å². The maximum absolute atomic E-state index is 12.6. The van der Waals surface area contributed by atoms with Gasteiger partial charge in [0.25, 0.3) is 5.24 Å². The Morgan fingerprint density at radius 3 is 2.38 bits per heavy atom. The summed E-state index contributed by atoms with van der Waals surface area (Å²) in [5.41, 5.74) is 0.125. The molecule has 13 heavy (non-hydrogen) atoms. The normalized spacial score (nSPS) is 9.77. The molecular formula is C9H5ClF2O. The SMILES string of the molecule is C=C(C(=O)Cl)c1ccc(F)c(F)c1. The first-order valence-corrected chi connectivity index (χ1v) is 3.74. The average molecular weight is 203 g/mol. The maximum Gasteiger partial charge on any atom is 0.252 e. The van der Waals surface area contributed by atoms with Crippen LogP contribution in [0.3, 0.4) is 0 Å². The van der Waals surface area contributed by atoms with Crippen molar-refractivity contribution in [2.24, 2.45) is 0 Å². The second kappa shape index (κ2) is 3.66. The van der Waals surface area contributed by atoms with E-state index in [2.05, 4.69) is 6.58 Å². The van der Waals surface area contributed by atoms with Gasteiger partial charge in [-0.05, 0) is 29.3 Å². The van der Waals surface area contributed by atoms with Crippen molar-refractivity contribution in [3.05, 3.63) is 42.0 Å². The predicted molar refractivity (Wildman–Crippen MR) is 46.3 cm³/mol. The number of carbonyl (C=O) groups excluding carboxylic acids is 1. The minimum atomic E-state index is -1.03. The maximum atomic E-state index is 12.6. The fourth-order valence-electron chi connectivity index (χ4n) is 0.797. The van der Waals surface area contributed by atoms with Gasteiger partial charge in [-0.3, -0.25) is 4.79 Å². The lowest BCUT2D eigenvalue weighted by atomic mass is 10.1. The number of allylic oxidation sites excluding steroid dienone is 1. The molecule has 0 atom stereocenters. The quantitative estimate of drug-likeness (QED) is 0.532. The Hall–Kier alpha value is -1.22. The first-order valence-electron chi connectivity index (χ1n) is 3.36. The van der Waals surface area contributed by atoms with Crippen LogP contribution in [-0.2, 0) is 4.79 Å². The Morgan fingerprint density at radius 2 is 1.92 bits per heavy atom. The van der Waals surface area contributed by atoms with Crippen molar-refractivity contribution in [3.8, 4) is 0 Å². The number of hydrogen-bond donors (Lipinski definition) is 0. The van der Waals surface area contributed by atoms with Crippen molar-refractivity contribution in [2.75, 3.05) is 0 Å². The van der Waals surface area contributed by atoms with E-state index in [-0.39, 0.29) is 11.1 Å². The monoisotopic (exact) mass is 202 g/mol. The van der Waals surface area contributed by atoms with E-state index < -0.39 is 16.9 Å². The van der Waals surface area contributed by atoms with Crippen LogP contribution in [0.25, 0.3) is 5.57 Å². The van der Waals surface area contributed by atoms with E-state index in [1.54, 1.807) is 0 Å². The Bertz CT molecular complexity index is 374. The summed E-state index contributed by atoms with van der Waals surface area (Å²) in [4.78, 5) is 10.6. The highest BCUT2D eigenvalue weighted by molar-refractivity contribution is 6.74. The van der Waals surface area contributed by atoms with Crippen molar-refractivity contribution in [3.63, 3.8) is 0 Å². The van der Waals surface area contributed by atoms with Gasteiger partial charge in [-0.25, -0.2) is 8.78 Å². The smallest absolute Gasteiger partial charge is 0.252 e. The van der Waals surface area contributed by atoms with Crippen molar-refractivity contribution >= 4 is 22.4 Å². The molecule has 0 bridgehead atoms. The van der Waals surface area contributed by atoms with Gasteiger partial charge >= 0.3 is 0 Å². The van der Waals surface area contributed by atoms with E-state index in [0.717, 1.165) is 12.1 Å². The molecule has 0 spiro atoms.